The molecule has 1 aliphatic heterocycles. The van der Waals surface area contributed by atoms with Crippen LogP contribution in [0.25, 0.3) is 6.08 Å². The lowest BCUT2D eigenvalue weighted by Crippen LogP contribution is -2.35. The standard InChI is InChI=1S/C14H17N3O4/c1-4-16-8(2)5-10(9(16)3)6-11-13(20)17(7-12(18)19)14(21)15-11/h5-6H,4,7H2,1-3H3,(H,15,21)(H,18,19)/b11-6+. The first kappa shape index (κ1) is 14.8. The average Bonchev–Trinajstić information content (AvgIpc) is 2.81. The topological polar surface area (TPSA) is 91.6 Å². The Kier molecular flexibility index (Phi) is 3.84. The van der Waals surface area contributed by atoms with E-state index in [1.807, 2.05) is 26.8 Å². The predicted octanol–water partition coefficient (Wildman–Crippen LogP) is 1.10. The number of urea groups is 1. The highest BCUT2D eigenvalue weighted by Gasteiger charge is 2.35. The van der Waals surface area contributed by atoms with Gasteiger partial charge in [0.15, 0.2) is 0 Å². The van der Waals surface area contributed by atoms with E-state index in [1.165, 1.54) is 0 Å². The van der Waals surface area contributed by atoms with Gasteiger partial charge in [0.2, 0.25) is 0 Å². The molecule has 1 saturated heterocycles. The molecule has 2 rings (SSSR count). The molecule has 0 atom stereocenters. The number of carboxylic acid groups (broad SMARTS) is 1. The number of aliphatic carboxylic acids is 1. The highest BCUT2D eigenvalue weighted by Crippen LogP contribution is 2.20. The monoisotopic (exact) mass is 291 g/mol. The number of aryl methyl sites for hydroxylation is 1. The highest BCUT2D eigenvalue weighted by atomic mass is 16.4. The molecule has 0 unspecified atom stereocenters. The number of nitrogens with zero attached hydrogens (tertiary/aromatic N) is 2. The Morgan fingerprint density at radius 3 is 2.57 bits per heavy atom. The number of carboxylic acids is 1. The minimum absolute atomic E-state index is 0.0950. The van der Waals surface area contributed by atoms with E-state index in [0.717, 1.165) is 23.5 Å². The number of nitrogens with one attached hydrogen (secondary N) is 1. The maximum Gasteiger partial charge on any atom is 0.329 e. The van der Waals surface area contributed by atoms with Crippen LogP contribution in [0.3, 0.4) is 0 Å². The molecule has 0 spiro atoms. The van der Waals surface area contributed by atoms with Crippen LogP contribution in [0.4, 0.5) is 4.79 Å². The maximum atomic E-state index is 12.0. The highest BCUT2D eigenvalue weighted by molar-refractivity contribution is 6.15. The molecule has 0 aliphatic carbocycles. The number of carbonyl (C=O) groups is 3. The minimum Gasteiger partial charge on any atom is -0.480 e. The van der Waals surface area contributed by atoms with Crippen LogP contribution in [0.2, 0.25) is 0 Å². The van der Waals surface area contributed by atoms with Crippen LogP contribution in [0, 0.1) is 13.8 Å². The van der Waals surface area contributed by atoms with E-state index >= 15 is 0 Å². The van der Waals surface area contributed by atoms with Gasteiger partial charge >= 0.3 is 12.0 Å². The van der Waals surface area contributed by atoms with Crippen LogP contribution in [0.5, 0.6) is 0 Å². The summed E-state index contributed by atoms with van der Waals surface area (Å²) in [5.41, 5.74) is 2.97. The second-order valence-electron chi connectivity index (χ2n) is 4.84. The van der Waals surface area contributed by atoms with E-state index in [2.05, 4.69) is 9.88 Å². The molecule has 2 heterocycles. The molecule has 7 heteroatoms. The zero-order valence-electron chi connectivity index (χ0n) is 12.1. The van der Waals surface area contributed by atoms with Gasteiger partial charge in [-0.25, -0.2) is 9.69 Å². The van der Waals surface area contributed by atoms with Crippen molar-refractivity contribution in [3.63, 3.8) is 0 Å². The summed E-state index contributed by atoms with van der Waals surface area (Å²) in [4.78, 5) is 35.0. The molecule has 1 aromatic heterocycles. The Morgan fingerprint density at radius 1 is 1.38 bits per heavy atom. The molecule has 0 aromatic carbocycles. The quantitative estimate of drug-likeness (QED) is 0.642. The van der Waals surface area contributed by atoms with Gasteiger partial charge in [-0.3, -0.25) is 9.59 Å². The van der Waals surface area contributed by atoms with Gasteiger partial charge in [0.1, 0.15) is 12.2 Å². The molecular formula is C14H17N3O4. The van der Waals surface area contributed by atoms with E-state index in [0.29, 0.717) is 4.90 Å². The number of imide groups is 1. The van der Waals surface area contributed by atoms with Gasteiger partial charge in [0.05, 0.1) is 0 Å². The van der Waals surface area contributed by atoms with Gasteiger partial charge in [0.25, 0.3) is 5.91 Å². The molecule has 2 N–H and O–H groups in total. The van der Waals surface area contributed by atoms with Crippen molar-refractivity contribution in [1.29, 1.82) is 0 Å². The molecule has 0 saturated carbocycles. The lowest BCUT2D eigenvalue weighted by Gasteiger charge is -2.07. The molecule has 0 bridgehead atoms. The summed E-state index contributed by atoms with van der Waals surface area (Å²) in [7, 11) is 0. The molecule has 3 amide bonds. The number of carbonyl (C=O) groups excluding carboxylic acids is 2. The van der Waals surface area contributed by atoms with Gasteiger partial charge < -0.3 is 15.0 Å². The summed E-state index contributed by atoms with van der Waals surface area (Å²) in [6.07, 6.45) is 1.58. The molecule has 1 fully saturated rings. The first-order valence-corrected chi connectivity index (χ1v) is 6.58. The Balaban J connectivity index is 2.33. The Morgan fingerprint density at radius 2 is 2.05 bits per heavy atom. The summed E-state index contributed by atoms with van der Waals surface area (Å²) in [6, 6.07) is 1.21. The van der Waals surface area contributed by atoms with Crippen molar-refractivity contribution in [3.8, 4) is 0 Å². The van der Waals surface area contributed by atoms with Gasteiger partial charge in [-0.15, -0.1) is 0 Å². The second kappa shape index (κ2) is 5.43. The lowest BCUT2D eigenvalue weighted by molar-refractivity contribution is -0.140. The number of hydrogen-bond donors (Lipinski definition) is 2. The van der Waals surface area contributed by atoms with Gasteiger partial charge in [-0.05, 0) is 38.5 Å². The number of amides is 3. The van der Waals surface area contributed by atoms with E-state index in [9.17, 15) is 14.4 Å². The fourth-order valence-electron chi connectivity index (χ4n) is 2.47. The summed E-state index contributed by atoms with van der Waals surface area (Å²) < 4.78 is 2.09. The van der Waals surface area contributed by atoms with Gasteiger partial charge in [-0.1, -0.05) is 0 Å². The lowest BCUT2D eigenvalue weighted by atomic mass is 10.2. The normalized spacial score (nSPS) is 16.7. The van der Waals surface area contributed by atoms with E-state index < -0.39 is 24.5 Å². The van der Waals surface area contributed by atoms with Crippen molar-refractivity contribution in [2.24, 2.45) is 0 Å². The van der Waals surface area contributed by atoms with Crippen LogP contribution in [0.1, 0.15) is 23.9 Å². The summed E-state index contributed by atoms with van der Waals surface area (Å²) in [5.74, 6) is -1.85. The molecule has 0 radical (unpaired) electrons. The number of hydrogen-bond acceptors (Lipinski definition) is 3. The largest absolute Gasteiger partial charge is 0.480 e. The zero-order chi connectivity index (χ0) is 15.7. The Bertz CT molecular complexity index is 657. The van der Waals surface area contributed by atoms with Crippen molar-refractivity contribution in [3.05, 3.63) is 28.7 Å². The van der Waals surface area contributed by atoms with Crippen molar-refractivity contribution in [2.75, 3.05) is 6.54 Å². The van der Waals surface area contributed by atoms with Crippen molar-refractivity contribution < 1.29 is 19.5 Å². The molecule has 1 aromatic rings. The van der Waals surface area contributed by atoms with Crippen LogP contribution in [-0.4, -0.2) is 39.0 Å². The summed E-state index contributed by atoms with van der Waals surface area (Å²) in [6.45, 7) is 6.08. The number of rotatable bonds is 4. The average molecular weight is 291 g/mol. The minimum atomic E-state index is -1.23. The number of aromatic nitrogens is 1. The van der Waals surface area contributed by atoms with E-state index in [4.69, 9.17) is 5.11 Å². The van der Waals surface area contributed by atoms with Crippen LogP contribution in [0.15, 0.2) is 11.8 Å². The van der Waals surface area contributed by atoms with E-state index in [-0.39, 0.29) is 5.70 Å². The van der Waals surface area contributed by atoms with Crippen molar-refractivity contribution >= 4 is 24.0 Å². The summed E-state index contributed by atoms with van der Waals surface area (Å²) >= 11 is 0. The third kappa shape index (κ3) is 2.67. The van der Waals surface area contributed by atoms with Gasteiger partial charge in [-0.2, -0.15) is 0 Å². The smallest absolute Gasteiger partial charge is 0.329 e. The van der Waals surface area contributed by atoms with E-state index in [1.54, 1.807) is 6.08 Å². The fraction of sp³-hybridized carbons (Fsp3) is 0.357. The Labute approximate surface area is 121 Å². The molecular weight excluding hydrogens is 274 g/mol. The predicted molar refractivity (Wildman–Crippen MR) is 75.4 cm³/mol. The summed E-state index contributed by atoms with van der Waals surface area (Å²) in [5, 5.41) is 11.1. The third-order valence-corrected chi connectivity index (χ3v) is 3.48. The first-order chi connectivity index (χ1) is 9.85. The van der Waals surface area contributed by atoms with Gasteiger partial charge in [0, 0.05) is 17.9 Å². The van der Waals surface area contributed by atoms with Crippen LogP contribution < -0.4 is 5.32 Å². The molecule has 1 aliphatic rings. The Hall–Kier alpha value is -2.57. The second-order valence-corrected chi connectivity index (χ2v) is 4.84. The SMILES string of the molecule is CCn1c(C)cc(/C=C2/NC(=O)N(CC(=O)O)C2=O)c1C. The maximum absolute atomic E-state index is 12.0. The van der Waals surface area contributed by atoms with Crippen LogP contribution in [-0.2, 0) is 16.1 Å². The first-order valence-electron chi connectivity index (χ1n) is 6.58. The van der Waals surface area contributed by atoms with Crippen molar-refractivity contribution in [1.82, 2.24) is 14.8 Å². The van der Waals surface area contributed by atoms with Crippen molar-refractivity contribution in [2.45, 2.75) is 27.3 Å². The van der Waals surface area contributed by atoms with Crippen LogP contribution >= 0.6 is 0 Å². The fourth-order valence-corrected chi connectivity index (χ4v) is 2.47. The molecule has 7 nitrogen and oxygen atoms in total. The third-order valence-electron chi connectivity index (χ3n) is 3.48. The molecule has 112 valence electrons. The zero-order valence-corrected chi connectivity index (χ0v) is 12.1. The molecule has 21 heavy (non-hydrogen) atoms.